The topological polar surface area (TPSA) is 50.9 Å². The van der Waals surface area contributed by atoms with Crippen LogP contribution in [0.15, 0.2) is 48.5 Å². The molecule has 0 aliphatic rings. The van der Waals surface area contributed by atoms with Gasteiger partial charge in [-0.05, 0) is 37.1 Å². The zero-order chi connectivity index (χ0) is 14.8. The van der Waals surface area contributed by atoms with Crippen molar-refractivity contribution in [2.75, 3.05) is 0 Å². The Kier molecular flexibility index (Phi) is 3.54. The molecule has 106 valence electrons. The summed E-state index contributed by atoms with van der Waals surface area (Å²) in [5, 5.41) is 17.9. The monoisotopic (exact) mass is 279 g/mol. The van der Waals surface area contributed by atoms with Gasteiger partial charge in [0.05, 0.1) is 12.3 Å². The summed E-state index contributed by atoms with van der Waals surface area (Å²) < 4.78 is 1.79. The maximum Gasteiger partial charge on any atom is 0.117 e. The highest BCUT2D eigenvalue weighted by Gasteiger charge is 2.15. The number of hydrogen-bond acceptors (Lipinski definition) is 3. The third kappa shape index (κ3) is 2.58. The van der Waals surface area contributed by atoms with Crippen molar-refractivity contribution in [2.45, 2.75) is 20.5 Å². The summed E-state index contributed by atoms with van der Waals surface area (Å²) in [6.07, 6.45) is 0. The molecule has 0 saturated carbocycles. The third-order valence-electron chi connectivity index (χ3n) is 3.39. The Morgan fingerprint density at radius 2 is 1.67 bits per heavy atom. The number of aliphatic hydroxyl groups is 1. The molecule has 1 aromatic heterocycles. The van der Waals surface area contributed by atoms with Crippen molar-refractivity contribution in [3.8, 4) is 16.9 Å². The first-order valence-corrected chi connectivity index (χ1v) is 6.88. The lowest BCUT2D eigenvalue weighted by Gasteiger charge is -2.09. The van der Waals surface area contributed by atoms with Crippen LogP contribution in [-0.4, -0.2) is 20.1 Å². The Morgan fingerprint density at radius 3 is 2.29 bits per heavy atom. The van der Waals surface area contributed by atoms with Gasteiger partial charge in [0, 0.05) is 5.56 Å². The molecule has 0 atom stereocenters. The Bertz CT molecular complexity index is 743. The van der Waals surface area contributed by atoms with E-state index in [1.165, 1.54) is 11.1 Å². The minimum Gasteiger partial charge on any atom is -0.390 e. The first-order chi connectivity index (χ1) is 10.2. The number of benzene rings is 2. The maximum atomic E-state index is 9.53. The second-order valence-corrected chi connectivity index (χ2v) is 5.17. The van der Waals surface area contributed by atoms with E-state index in [1.807, 2.05) is 30.3 Å². The molecule has 4 heteroatoms. The molecule has 0 fully saturated rings. The predicted octanol–water partition coefficient (Wildman–Crippen LogP) is 3.04. The van der Waals surface area contributed by atoms with Crippen LogP contribution in [0.4, 0.5) is 0 Å². The van der Waals surface area contributed by atoms with Crippen LogP contribution in [0.25, 0.3) is 16.9 Å². The summed E-state index contributed by atoms with van der Waals surface area (Å²) in [4.78, 5) is 0. The van der Waals surface area contributed by atoms with Gasteiger partial charge in [-0.2, -0.15) is 0 Å². The van der Waals surface area contributed by atoms with Crippen molar-refractivity contribution in [3.63, 3.8) is 0 Å². The van der Waals surface area contributed by atoms with Crippen LogP contribution in [0.2, 0.25) is 0 Å². The highest BCUT2D eigenvalue weighted by atomic mass is 16.3. The Balaban J connectivity index is 2.22. The van der Waals surface area contributed by atoms with Crippen LogP contribution in [0.1, 0.15) is 16.8 Å². The van der Waals surface area contributed by atoms with Gasteiger partial charge in [0.15, 0.2) is 0 Å². The van der Waals surface area contributed by atoms with Crippen molar-refractivity contribution in [2.24, 2.45) is 0 Å². The molecule has 2 aromatic carbocycles. The predicted molar refractivity (Wildman–Crippen MR) is 82.2 cm³/mol. The number of nitrogens with zero attached hydrogens (tertiary/aromatic N) is 3. The third-order valence-corrected chi connectivity index (χ3v) is 3.39. The molecule has 0 spiro atoms. The second kappa shape index (κ2) is 5.50. The standard InChI is InChI=1S/C17H17N3O/c1-12-8-13(2)10-15(9-12)20-17(16(11-21)18-19-20)14-6-4-3-5-7-14/h3-10,21H,11H2,1-2H3. The second-order valence-electron chi connectivity index (χ2n) is 5.17. The molecule has 1 N–H and O–H groups in total. The average molecular weight is 279 g/mol. The Morgan fingerprint density at radius 1 is 1.00 bits per heavy atom. The largest absolute Gasteiger partial charge is 0.390 e. The van der Waals surface area contributed by atoms with Gasteiger partial charge in [-0.1, -0.05) is 41.6 Å². The average Bonchev–Trinajstić information content (AvgIpc) is 2.91. The van der Waals surface area contributed by atoms with E-state index < -0.39 is 0 Å². The maximum absolute atomic E-state index is 9.53. The number of rotatable bonds is 3. The zero-order valence-electron chi connectivity index (χ0n) is 12.1. The molecule has 3 rings (SSSR count). The summed E-state index contributed by atoms with van der Waals surface area (Å²) in [5.41, 5.74) is 5.71. The molecule has 1 heterocycles. The first kappa shape index (κ1) is 13.5. The fraction of sp³-hybridized carbons (Fsp3) is 0.176. The van der Waals surface area contributed by atoms with Gasteiger partial charge in [0.1, 0.15) is 11.4 Å². The van der Waals surface area contributed by atoms with Gasteiger partial charge >= 0.3 is 0 Å². The van der Waals surface area contributed by atoms with Gasteiger partial charge in [0.25, 0.3) is 0 Å². The SMILES string of the molecule is Cc1cc(C)cc(-n2nnc(CO)c2-c2ccccc2)c1. The summed E-state index contributed by atoms with van der Waals surface area (Å²) in [6.45, 7) is 3.99. The van der Waals surface area contributed by atoms with E-state index in [0.29, 0.717) is 5.69 Å². The summed E-state index contributed by atoms with van der Waals surface area (Å²) in [7, 11) is 0. The lowest BCUT2D eigenvalue weighted by molar-refractivity contribution is 0.277. The minimum absolute atomic E-state index is 0.130. The molecule has 0 bridgehead atoms. The molecule has 0 radical (unpaired) electrons. The molecule has 0 unspecified atom stereocenters. The molecular formula is C17H17N3O. The fourth-order valence-electron chi connectivity index (χ4n) is 2.56. The minimum atomic E-state index is -0.130. The normalized spacial score (nSPS) is 10.8. The van der Waals surface area contributed by atoms with E-state index in [2.05, 4.69) is 42.4 Å². The van der Waals surface area contributed by atoms with Crippen LogP contribution in [0.3, 0.4) is 0 Å². The van der Waals surface area contributed by atoms with Gasteiger partial charge in [-0.15, -0.1) is 5.10 Å². The number of aliphatic hydroxyl groups excluding tert-OH is 1. The molecule has 3 aromatic rings. The first-order valence-electron chi connectivity index (χ1n) is 6.88. The van der Waals surface area contributed by atoms with Gasteiger partial charge in [-0.25, -0.2) is 4.68 Å². The highest BCUT2D eigenvalue weighted by molar-refractivity contribution is 5.64. The lowest BCUT2D eigenvalue weighted by Crippen LogP contribution is -2.01. The smallest absolute Gasteiger partial charge is 0.117 e. The van der Waals surface area contributed by atoms with Crippen LogP contribution in [0.5, 0.6) is 0 Å². The number of aromatic nitrogens is 3. The molecular weight excluding hydrogens is 262 g/mol. The summed E-state index contributed by atoms with van der Waals surface area (Å²) in [6, 6.07) is 16.1. The van der Waals surface area contributed by atoms with Gasteiger partial charge in [0.2, 0.25) is 0 Å². The van der Waals surface area contributed by atoms with E-state index in [-0.39, 0.29) is 6.61 Å². The van der Waals surface area contributed by atoms with E-state index in [1.54, 1.807) is 4.68 Å². The zero-order valence-corrected chi connectivity index (χ0v) is 12.1. The number of aryl methyl sites for hydroxylation is 2. The Labute approximate surface area is 123 Å². The number of hydrogen-bond donors (Lipinski definition) is 1. The molecule has 0 aliphatic carbocycles. The molecule has 4 nitrogen and oxygen atoms in total. The van der Waals surface area contributed by atoms with E-state index in [9.17, 15) is 5.11 Å². The quantitative estimate of drug-likeness (QED) is 0.801. The van der Waals surface area contributed by atoms with Gasteiger partial charge in [-0.3, -0.25) is 0 Å². The van der Waals surface area contributed by atoms with Crippen molar-refractivity contribution in [3.05, 3.63) is 65.4 Å². The molecule has 21 heavy (non-hydrogen) atoms. The van der Waals surface area contributed by atoms with Gasteiger partial charge < -0.3 is 5.11 Å². The fourth-order valence-corrected chi connectivity index (χ4v) is 2.56. The highest BCUT2D eigenvalue weighted by Crippen LogP contribution is 2.26. The van der Waals surface area contributed by atoms with Crippen molar-refractivity contribution < 1.29 is 5.11 Å². The van der Waals surface area contributed by atoms with Crippen molar-refractivity contribution in [1.82, 2.24) is 15.0 Å². The molecule has 0 aliphatic heterocycles. The van der Waals surface area contributed by atoms with Crippen LogP contribution >= 0.6 is 0 Å². The summed E-state index contributed by atoms with van der Waals surface area (Å²) >= 11 is 0. The van der Waals surface area contributed by atoms with Crippen LogP contribution < -0.4 is 0 Å². The Hall–Kier alpha value is -2.46. The van der Waals surface area contributed by atoms with Crippen molar-refractivity contribution >= 4 is 0 Å². The van der Waals surface area contributed by atoms with E-state index in [4.69, 9.17) is 0 Å². The summed E-state index contributed by atoms with van der Waals surface area (Å²) in [5.74, 6) is 0. The van der Waals surface area contributed by atoms with Crippen molar-refractivity contribution in [1.29, 1.82) is 0 Å². The molecule has 0 saturated heterocycles. The van der Waals surface area contributed by atoms with E-state index in [0.717, 1.165) is 16.9 Å². The molecule has 0 amide bonds. The van der Waals surface area contributed by atoms with Crippen LogP contribution in [0, 0.1) is 13.8 Å². The van der Waals surface area contributed by atoms with Crippen LogP contribution in [-0.2, 0) is 6.61 Å². The van der Waals surface area contributed by atoms with E-state index >= 15 is 0 Å². The lowest BCUT2D eigenvalue weighted by atomic mass is 10.1.